The molecule has 0 radical (unpaired) electrons. The molecule has 2 aliphatic heterocycles. The van der Waals surface area contributed by atoms with Gasteiger partial charge in [-0.15, -0.1) is 0 Å². The molecule has 2 heterocycles. The van der Waals surface area contributed by atoms with Crippen LogP contribution in [0.1, 0.15) is 0 Å². The van der Waals surface area contributed by atoms with E-state index in [0.29, 0.717) is 0 Å². The zero-order chi connectivity index (χ0) is 8.72. The van der Waals surface area contributed by atoms with Crippen LogP contribution >= 0.6 is 0 Å². The lowest BCUT2D eigenvalue weighted by Crippen LogP contribution is -2.61. The van der Waals surface area contributed by atoms with Gasteiger partial charge in [0.25, 0.3) is 5.91 Å². The summed E-state index contributed by atoms with van der Waals surface area (Å²) in [6, 6.07) is -2.12. The van der Waals surface area contributed by atoms with Crippen molar-refractivity contribution in [2.45, 2.75) is 6.04 Å². The van der Waals surface area contributed by atoms with Crippen molar-refractivity contribution in [3.05, 3.63) is 0 Å². The van der Waals surface area contributed by atoms with Gasteiger partial charge in [0, 0.05) is 0 Å². The van der Waals surface area contributed by atoms with E-state index in [1.807, 2.05) is 5.32 Å². The molecule has 3 N–H and O–H groups in total. The number of hydrogen-bond donors (Lipinski definition) is 3. The fourth-order valence-corrected chi connectivity index (χ4v) is 1.02. The SMILES string of the molecule is O=C1N=C2NC(=O)NC(=O)C2N1. The van der Waals surface area contributed by atoms with Gasteiger partial charge < -0.3 is 5.32 Å². The molecular weight excluding hydrogens is 164 g/mol. The maximum atomic E-state index is 11.0. The minimum absolute atomic E-state index is 0.0637. The molecule has 1 unspecified atom stereocenters. The predicted molar refractivity (Wildman–Crippen MR) is 36.4 cm³/mol. The summed E-state index contributed by atoms with van der Waals surface area (Å²) in [5.41, 5.74) is 0. The summed E-state index contributed by atoms with van der Waals surface area (Å²) in [6.45, 7) is 0. The van der Waals surface area contributed by atoms with Crippen LogP contribution in [0.3, 0.4) is 0 Å². The molecule has 0 aliphatic carbocycles. The number of carbonyl (C=O) groups is 3. The van der Waals surface area contributed by atoms with Crippen LogP contribution in [0.2, 0.25) is 0 Å². The lowest BCUT2D eigenvalue weighted by molar-refractivity contribution is -0.120. The number of nitrogens with one attached hydrogen (secondary N) is 3. The Morgan fingerprint density at radius 3 is 2.67 bits per heavy atom. The van der Waals surface area contributed by atoms with E-state index < -0.39 is 24.0 Å². The van der Waals surface area contributed by atoms with E-state index in [1.165, 1.54) is 0 Å². The molecule has 7 heteroatoms. The lowest BCUT2D eigenvalue weighted by atomic mass is 10.2. The Kier molecular flexibility index (Phi) is 1.15. The molecule has 0 saturated carbocycles. The minimum Gasteiger partial charge on any atom is -0.318 e. The maximum Gasteiger partial charge on any atom is 0.343 e. The first-order chi connectivity index (χ1) is 5.66. The van der Waals surface area contributed by atoms with Crippen molar-refractivity contribution in [1.82, 2.24) is 16.0 Å². The van der Waals surface area contributed by atoms with Crippen LogP contribution in [0.4, 0.5) is 9.59 Å². The van der Waals surface area contributed by atoms with E-state index in [1.54, 1.807) is 0 Å². The van der Waals surface area contributed by atoms with Crippen molar-refractivity contribution in [3.63, 3.8) is 0 Å². The average molecular weight is 168 g/mol. The van der Waals surface area contributed by atoms with Gasteiger partial charge in [0.2, 0.25) is 0 Å². The average Bonchev–Trinajstić information content (AvgIpc) is 2.29. The van der Waals surface area contributed by atoms with Gasteiger partial charge in [0.05, 0.1) is 0 Å². The highest BCUT2D eigenvalue weighted by atomic mass is 16.2. The standard InChI is InChI=1S/C5H4N4O3/c10-3-1-2(7-4(11)6-1)8-5(12)9-3/h1H,(H3,6,7,8,9,10,11,12). The summed E-state index contributed by atoms with van der Waals surface area (Å²) >= 11 is 0. The van der Waals surface area contributed by atoms with E-state index in [-0.39, 0.29) is 5.84 Å². The molecule has 1 saturated heterocycles. The van der Waals surface area contributed by atoms with Crippen LogP contribution in [-0.4, -0.2) is 29.8 Å². The Morgan fingerprint density at radius 1 is 1.17 bits per heavy atom. The van der Waals surface area contributed by atoms with E-state index >= 15 is 0 Å². The highest BCUT2D eigenvalue weighted by Crippen LogP contribution is 2.01. The molecule has 0 aromatic carbocycles. The first-order valence-electron chi connectivity index (χ1n) is 3.18. The summed E-state index contributed by atoms with van der Waals surface area (Å²) in [5.74, 6) is -0.503. The number of urea groups is 2. The molecule has 1 fully saturated rings. The molecule has 1 atom stereocenters. The topological polar surface area (TPSA) is 99.7 Å². The summed E-state index contributed by atoms with van der Waals surface area (Å²) < 4.78 is 0. The summed E-state index contributed by atoms with van der Waals surface area (Å²) in [6.07, 6.45) is 0. The Labute approximate surface area is 66.2 Å². The van der Waals surface area contributed by atoms with Crippen LogP contribution in [-0.2, 0) is 4.79 Å². The predicted octanol–water partition coefficient (Wildman–Crippen LogP) is -1.68. The zero-order valence-electron chi connectivity index (χ0n) is 5.75. The van der Waals surface area contributed by atoms with Gasteiger partial charge in [-0.3, -0.25) is 15.4 Å². The molecule has 5 amide bonds. The van der Waals surface area contributed by atoms with Gasteiger partial charge >= 0.3 is 12.1 Å². The molecule has 0 bridgehead atoms. The number of carbonyl (C=O) groups excluding carboxylic acids is 3. The third-order valence-corrected chi connectivity index (χ3v) is 1.50. The highest BCUT2D eigenvalue weighted by molar-refractivity contribution is 6.25. The van der Waals surface area contributed by atoms with E-state index in [2.05, 4.69) is 15.6 Å². The Morgan fingerprint density at radius 2 is 1.92 bits per heavy atom. The van der Waals surface area contributed by atoms with E-state index in [9.17, 15) is 14.4 Å². The molecule has 62 valence electrons. The lowest BCUT2D eigenvalue weighted by Gasteiger charge is -2.18. The normalized spacial score (nSPS) is 26.8. The third kappa shape index (κ3) is 0.831. The second kappa shape index (κ2) is 2.03. The fraction of sp³-hybridized carbons (Fsp3) is 0.200. The fourth-order valence-electron chi connectivity index (χ4n) is 1.02. The van der Waals surface area contributed by atoms with Crippen LogP contribution in [0.5, 0.6) is 0 Å². The van der Waals surface area contributed by atoms with E-state index in [0.717, 1.165) is 0 Å². The number of imide groups is 1. The number of amides is 5. The number of amidine groups is 1. The number of rotatable bonds is 0. The second-order valence-electron chi connectivity index (χ2n) is 2.32. The number of aliphatic imine (C=N–C) groups is 1. The van der Waals surface area contributed by atoms with E-state index in [4.69, 9.17) is 0 Å². The second-order valence-corrected chi connectivity index (χ2v) is 2.32. The van der Waals surface area contributed by atoms with Crippen molar-refractivity contribution < 1.29 is 14.4 Å². The summed E-state index contributed by atoms with van der Waals surface area (Å²) in [5, 5.41) is 6.48. The van der Waals surface area contributed by atoms with Crippen LogP contribution in [0, 0.1) is 0 Å². The molecule has 2 rings (SSSR count). The van der Waals surface area contributed by atoms with Gasteiger partial charge in [-0.25, -0.2) is 9.59 Å². The highest BCUT2D eigenvalue weighted by Gasteiger charge is 2.37. The Bertz CT molecular complexity index is 321. The first-order valence-corrected chi connectivity index (χ1v) is 3.18. The molecular formula is C5H4N4O3. The van der Waals surface area contributed by atoms with Gasteiger partial charge in [0.1, 0.15) is 5.84 Å². The van der Waals surface area contributed by atoms with Gasteiger partial charge in [-0.05, 0) is 0 Å². The monoisotopic (exact) mass is 168 g/mol. The number of hydrogen-bond acceptors (Lipinski definition) is 3. The van der Waals surface area contributed by atoms with Crippen LogP contribution in [0.15, 0.2) is 4.99 Å². The summed E-state index contributed by atoms with van der Waals surface area (Å²) in [7, 11) is 0. The molecule has 7 nitrogen and oxygen atoms in total. The van der Waals surface area contributed by atoms with Crippen LogP contribution in [0.25, 0.3) is 0 Å². The molecule has 0 aromatic heterocycles. The molecule has 12 heavy (non-hydrogen) atoms. The third-order valence-electron chi connectivity index (χ3n) is 1.50. The van der Waals surface area contributed by atoms with Crippen LogP contribution < -0.4 is 16.0 Å². The van der Waals surface area contributed by atoms with Crippen molar-refractivity contribution >= 4 is 23.8 Å². The maximum absolute atomic E-state index is 11.0. The Balaban J connectivity index is 2.32. The smallest absolute Gasteiger partial charge is 0.318 e. The quantitative estimate of drug-likeness (QED) is 0.402. The first kappa shape index (κ1) is 6.77. The minimum atomic E-state index is -0.838. The van der Waals surface area contributed by atoms with Crippen molar-refractivity contribution in [3.8, 4) is 0 Å². The van der Waals surface area contributed by atoms with Gasteiger partial charge in [0.15, 0.2) is 6.04 Å². The van der Waals surface area contributed by atoms with Crippen molar-refractivity contribution in [1.29, 1.82) is 0 Å². The molecule has 2 aliphatic rings. The van der Waals surface area contributed by atoms with Crippen molar-refractivity contribution in [2.24, 2.45) is 4.99 Å². The zero-order valence-corrected chi connectivity index (χ0v) is 5.75. The van der Waals surface area contributed by atoms with Crippen molar-refractivity contribution in [2.75, 3.05) is 0 Å². The number of fused-ring (bicyclic) bond motifs is 1. The largest absolute Gasteiger partial charge is 0.343 e. The van der Waals surface area contributed by atoms with Gasteiger partial charge in [-0.1, -0.05) is 0 Å². The number of nitrogens with zero attached hydrogens (tertiary/aromatic N) is 1. The Hall–Kier alpha value is -1.92. The molecule has 0 aromatic rings. The summed E-state index contributed by atoms with van der Waals surface area (Å²) in [4.78, 5) is 35.6. The van der Waals surface area contributed by atoms with Gasteiger partial charge in [-0.2, -0.15) is 4.99 Å². The molecule has 0 spiro atoms.